The van der Waals surface area contributed by atoms with Crippen LogP contribution >= 0.6 is 46.2 Å². The molecule has 2 amide bonds. The third-order valence-electron chi connectivity index (χ3n) is 7.29. The van der Waals surface area contributed by atoms with Crippen molar-refractivity contribution in [3.8, 4) is 22.6 Å². The standard InChI is InChI=1S/C36H34N4O4S4/c1-5-43-25-9-13-29-31(17-25)47-35(39-29)45-19-33(41)37-27-11-7-23(15-21(27)3)24-8-12-28(22(4)16-24)38-34(42)20-46-36-40-30-14-10-26(44-6-2)18-32(30)48-36/h7-18H,5-6,19-20H2,1-4H3,(H,37,41)(H,38,42). The van der Waals surface area contributed by atoms with Gasteiger partial charge in [0.1, 0.15) is 11.5 Å². The number of thiazole rings is 2. The van der Waals surface area contributed by atoms with Crippen molar-refractivity contribution in [2.75, 3.05) is 35.4 Å². The Hall–Kier alpha value is -4.10. The van der Waals surface area contributed by atoms with Gasteiger partial charge in [0.25, 0.3) is 0 Å². The number of carbonyl (C=O) groups excluding carboxylic acids is 2. The van der Waals surface area contributed by atoms with Crippen LogP contribution < -0.4 is 20.1 Å². The second-order valence-corrected chi connectivity index (χ2v) is 15.3. The SMILES string of the molecule is CCOc1ccc2nc(SCC(=O)Nc3ccc(-c4ccc(NC(=O)CSc5nc6ccc(OCC)cc6s5)c(C)c4)cc3C)sc2c1. The minimum Gasteiger partial charge on any atom is -0.494 e. The number of aromatic nitrogens is 2. The van der Waals surface area contributed by atoms with Gasteiger partial charge < -0.3 is 20.1 Å². The molecule has 0 aliphatic heterocycles. The van der Waals surface area contributed by atoms with Crippen LogP contribution in [0.3, 0.4) is 0 Å². The molecule has 0 fully saturated rings. The lowest BCUT2D eigenvalue weighted by molar-refractivity contribution is -0.114. The number of benzene rings is 4. The molecule has 2 heterocycles. The highest BCUT2D eigenvalue weighted by atomic mass is 32.2. The minimum atomic E-state index is -0.0851. The largest absolute Gasteiger partial charge is 0.494 e. The van der Waals surface area contributed by atoms with Crippen LogP contribution in [0.25, 0.3) is 31.6 Å². The summed E-state index contributed by atoms with van der Waals surface area (Å²) in [7, 11) is 0. The first-order chi connectivity index (χ1) is 23.3. The Bertz CT molecular complexity index is 1960. The number of nitrogens with zero attached hydrogens (tertiary/aromatic N) is 2. The van der Waals surface area contributed by atoms with Crippen LogP contribution in [0.5, 0.6) is 11.5 Å². The first-order valence-corrected chi connectivity index (χ1v) is 19.0. The fraction of sp³-hybridized carbons (Fsp3) is 0.222. The van der Waals surface area contributed by atoms with E-state index in [0.717, 1.165) is 74.2 Å². The lowest BCUT2D eigenvalue weighted by Gasteiger charge is -2.13. The van der Waals surface area contributed by atoms with Gasteiger partial charge in [-0.3, -0.25) is 9.59 Å². The van der Waals surface area contributed by atoms with Gasteiger partial charge in [0.2, 0.25) is 11.8 Å². The fourth-order valence-corrected chi connectivity index (χ4v) is 8.79. The van der Waals surface area contributed by atoms with E-state index in [1.54, 1.807) is 22.7 Å². The Balaban J connectivity index is 1.02. The maximum Gasteiger partial charge on any atom is 0.234 e. The van der Waals surface area contributed by atoms with E-state index >= 15 is 0 Å². The van der Waals surface area contributed by atoms with Gasteiger partial charge in [0.15, 0.2) is 8.68 Å². The molecule has 0 bridgehead atoms. The Labute approximate surface area is 295 Å². The highest BCUT2D eigenvalue weighted by Gasteiger charge is 2.13. The molecule has 0 atom stereocenters. The summed E-state index contributed by atoms with van der Waals surface area (Å²) in [6.07, 6.45) is 0. The van der Waals surface area contributed by atoms with Gasteiger partial charge in [-0.15, -0.1) is 22.7 Å². The van der Waals surface area contributed by atoms with Crippen molar-refractivity contribution in [1.29, 1.82) is 0 Å². The molecule has 8 nitrogen and oxygen atoms in total. The molecule has 4 aromatic carbocycles. The molecule has 12 heteroatoms. The minimum absolute atomic E-state index is 0.0851. The van der Waals surface area contributed by atoms with Gasteiger partial charge in [0.05, 0.1) is 45.2 Å². The highest BCUT2D eigenvalue weighted by molar-refractivity contribution is 8.02. The Morgan fingerprint density at radius 1 is 0.646 bits per heavy atom. The second kappa shape index (κ2) is 15.4. The number of anilines is 2. The smallest absolute Gasteiger partial charge is 0.234 e. The molecule has 2 aromatic heterocycles. The van der Waals surface area contributed by atoms with Crippen molar-refractivity contribution < 1.29 is 19.1 Å². The lowest BCUT2D eigenvalue weighted by atomic mass is 10.00. The van der Waals surface area contributed by atoms with Crippen LogP contribution in [0.1, 0.15) is 25.0 Å². The van der Waals surface area contributed by atoms with Crippen LogP contribution in [0.15, 0.2) is 81.5 Å². The summed E-state index contributed by atoms with van der Waals surface area (Å²) in [4.78, 5) is 34.9. The molecule has 246 valence electrons. The summed E-state index contributed by atoms with van der Waals surface area (Å²) in [5, 5.41) is 6.08. The third kappa shape index (κ3) is 8.30. The second-order valence-electron chi connectivity index (χ2n) is 10.8. The topological polar surface area (TPSA) is 102 Å². The van der Waals surface area contributed by atoms with Crippen LogP contribution in [-0.4, -0.2) is 46.5 Å². The molecule has 48 heavy (non-hydrogen) atoms. The zero-order valence-electron chi connectivity index (χ0n) is 26.9. The molecule has 0 radical (unpaired) electrons. The molecular formula is C36H34N4O4S4. The van der Waals surface area contributed by atoms with Crippen molar-refractivity contribution in [3.05, 3.63) is 83.9 Å². The molecule has 0 aliphatic rings. The van der Waals surface area contributed by atoms with E-state index in [2.05, 4.69) is 32.7 Å². The van der Waals surface area contributed by atoms with E-state index in [9.17, 15) is 9.59 Å². The summed E-state index contributed by atoms with van der Waals surface area (Å²) in [5.41, 5.74) is 7.34. The molecule has 0 saturated heterocycles. The maximum absolute atomic E-state index is 12.8. The van der Waals surface area contributed by atoms with Gasteiger partial charge in [0, 0.05) is 11.4 Å². The highest BCUT2D eigenvalue weighted by Crippen LogP contribution is 2.34. The van der Waals surface area contributed by atoms with Crippen LogP contribution in [0, 0.1) is 13.8 Å². The van der Waals surface area contributed by atoms with Crippen molar-refractivity contribution in [2.45, 2.75) is 36.4 Å². The predicted molar refractivity (Wildman–Crippen MR) is 202 cm³/mol. The van der Waals surface area contributed by atoms with E-state index in [4.69, 9.17) is 9.47 Å². The summed E-state index contributed by atoms with van der Waals surface area (Å²) >= 11 is 5.97. The summed E-state index contributed by atoms with van der Waals surface area (Å²) in [6, 6.07) is 23.7. The lowest BCUT2D eigenvalue weighted by Crippen LogP contribution is -2.15. The molecule has 0 spiro atoms. The zero-order chi connectivity index (χ0) is 33.6. The van der Waals surface area contributed by atoms with E-state index < -0.39 is 0 Å². The fourth-order valence-electron chi connectivity index (χ4n) is 5.00. The zero-order valence-corrected chi connectivity index (χ0v) is 30.2. The number of thioether (sulfide) groups is 2. The molecule has 6 rings (SSSR count). The molecular weight excluding hydrogens is 681 g/mol. The normalized spacial score (nSPS) is 11.2. The van der Waals surface area contributed by atoms with E-state index in [1.807, 2.05) is 88.4 Å². The number of nitrogens with one attached hydrogen (secondary N) is 2. The number of ether oxygens (including phenoxy) is 2. The Morgan fingerprint density at radius 2 is 1.08 bits per heavy atom. The number of fused-ring (bicyclic) bond motifs is 2. The van der Waals surface area contributed by atoms with E-state index in [-0.39, 0.29) is 23.3 Å². The number of rotatable bonds is 13. The van der Waals surface area contributed by atoms with Gasteiger partial charge in [-0.1, -0.05) is 35.7 Å². The van der Waals surface area contributed by atoms with Crippen LogP contribution in [-0.2, 0) is 9.59 Å². The van der Waals surface area contributed by atoms with Crippen molar-refractivity contribution in [3.63, 3.8) is 0 Å². The maximum atomic E-state index is 12.8. The number of hydrogen-bond acceptors (Lipinski definition) is 10. The number of hydrogen-bond donors (Lipinski definition) is 2. The third-order valence-corrected chi connectivity index (χ3v) is 11.6. The van der Waals surface area contributed by atoms with Crippen molar-refractivity contribution in [1.82, 2.24) is 9.97 Å². The monoisotopic (exact) mass is 714 g/mol. The number of carbonyl (C=O) groups is 2. The number of aryl methyl sites for hydroxylation is 2. The molecule has 2 N–H and O–H groups in total. The average Bonchev–Trinajstić information content (AvgIpc) is 3.68. The molecule has 0 saturated carbocycles. The van der Waals surface area contributed by atoms with Gasteiger partial charge >= 0.3 is 0 Å². The Kier molecular flexibility index (Phi) is 10.9. The van der Waals surface area contributed by atoms with Gasteiger partial charge in [-0.2, -0.15) is 0 Å². The van der Waals surface area contributed by atoms with Crippen LogP contribution in [0.4, 0.5) is 11.4 Å². The Morgan fingerprint density at radius 3 is 1.48 bits per heavy atom. The van der Waals surface area contributed by atoms with Crippen molar-refractivity contribution >= 4 is 89.8 Å². The van der Waals surface area contributed by atoms with Crippen molar-refractivity contribution in [2.24, 2.45) is 0 Å². The molecule has 0 aliphatic carbocycles. The average molecular weight is 715 g/mol. The first kappa shape index (κ1) is 33.8. The quantitative estimate of drug-likeness (QED) is 0.114. The number of amides is 2. The van der Waals surface area contributed by atoms with Gasteiger partial charge in [-0.25, -0.2) is 9.97 Å². The summed E-state index contributed by atoms with van der Waals surface area (Å²) in [6.45, 7) is 9.11. The summed E-state index contributed by atoms with van der Waals surface area (Å²) < 4.78 is 14.9. The van der Waals surface area contributed by atoms with Gasteiger partial charge in [-0.05, 0) is 111 Å². The molecule has 6 aromatic rings. The summed E-state index contributed by atoms with van der Waals surface area (Å²) in [5.74, 6) is 2.00. The molecule has 0 unspecified atom stereocenters. The predicted octanol–water partition coefficient (Wildman–Crippen LogP) is 9.45. The van der Waals surface area contributed by atoms with E-state index in [1.165, 1.54) is 23.5 Å². The first-order valence-electron chi connectivity index (χ1n) is 15.4. The van der Waals surface area contributed by atoms with Crippen LogP contribution in [0.2, 0.25) is 0 Å². The van der Waals surface area contributed by atoms with E-state index in [0.29, 0.717) is 13.2 Å².